The van der Waals surface area contributed by atoms with Gasteiger partial charge in [0.05, 0.1) is 25.0 Å². The smallest absolute Gasteiger partial charge is 0.338 e. The van der Waals surface area contributed by atoms with Crippen LogP contribution in [0.25, 0.3) is 0 Å². The lowest BCUT2D eigenvalue weighted by molar-refractivity contribution is 0.0497. The van der Waals surface area contributed by atoms with Gasteiger partial charge in [0.1, 0.15) is 5.75 Å². The second-order valence-electron chi connectivity index (χ2n) is 6.08. The lowest BCUT2D eigenvalue weighted by atomic mass is 10.1. The summed E-state index contributed by atoms with van der Waals surface area (Å²) in [5.41, 5.74) is 2.55. The van der Waals surface area contributed by atoms with Crippen LogP contribution >= 0.6 is 11.8 Å². The summed E-state index contributed by atoms with van der Waals surface area (Å²) < 4.78 is 11.0. The van der Waals surface area contributed by atoms with Gasteiger partial charge in [-0.15, -0.1) is 0 Å². The van der Waals surface area contributed by atoms with E-state index >= 15 is 0 Å². The van der Waals surface area contributed by atoms with E-state index in [1.165, 1.54) is 12.8 Å². The van der Waals surface area contributed by atoms with Gasteiger partial charge in [0.15, 0.2) is 0 Å². The van der Waals surface area contributed by atoms with E-state index in [0.29, 0.717) is 12.2 Å². The minimum Gasteiger partial charge on any atom is -0.495 e. The molecule has 0 heterocycles. The molecule has 0 bridgehead atoms. The fraction of sp³-hybridized carbons (Fsp3) is 0.650. The van der Waals surface area contributed by atoms with Crippen molar-refractivity contribution in [2.24, 2.45) is 0 Å². The monoisotopic (exact) mass is 367 g/mol. The van der Waals surface area contributed by atoms with Crippen LogP contribution < -0.4 is 10.1 Å². The predicted octanol–water partition coefficient (Wildman–Crippen LogP) is 5.51. The molecule has 0 fully saturated rings. The molecular weight excluding hydrogens is 334 g/mol. The van der Waals surface area contributed by atoms with E-state index in [1.807, 2.05) is 18.4 Å². The number of rotatable bonds is 13. The van der Waals surface area contributed by atoms with E-state index in [0.717, 1.165) is 55.0 Å². The molecule has 142 valence electrons. The maximum atomic E-state index is 12.5. The third-order valence-corrected chi connectivity index (χ3v) is 4.64. The van der Waals surface area contributed by atoms with Crippen LogP contribution in [-0.2, 0) is 10.5 Å². The Kier molecular flexibility index (Phi) is 11.2. The standard InChI is InChI=1S/C20H33NO3S/c1-5-7-9-13-21-19-17(15-25-4)16(11-12-18(19)23-3)20(22)24-14-10-8-6-2/h11-12,21H,5-10,13-15H2,1-4H3. The molecule has 25 heavy (non-hydrogen) atoms. The second kappa shape index (κ2) is 12.9. The van der Waals surface area contributed by atoms with Gasteiger partial charge in [-0.1, -0.05) is 39.5 Å². The second-order valence-corrected chi connectivity index (χ2v) is 6.94. The zero-order valence-electron chi connectivity index (χ0n) is 16.2. The van der Waals surface area contributed by atoms with Crippen molar-refractivity contribution in [3.05, 3.63) is 23.3 Å². The molecule has 0 saturated carbocycles. The molecule has 0 saturated heterocycles. The number of ether oxygens (including phenoxy) is 2. The van der Waals surface area contributed by atoms with Gasteiger partial charge in [-0.25, -0.2) is 4.79 Å². The van der Waals surface area contributed by atoms with Crippen LogP contribution in [-0.4, -0.2) is 32.5 Å². The largest absolute Gasteiger partial charge is 0.495 e. The van der Waals surface area contributed by atoms with Gasteiger partial charge >= 0.3 is 5.97 Å². The molecule has 0 aromatic heterocycles. The average Bonchev–Trinajstić information content (AvgIpc) is 2.63. The van der Waals surface area contributed by atoms with E-state index in [9.17, 15) is 4.79 Å². The van der Waals surface area contributed by atoms with Crippen molar-refractivity contribution in [3.8, 4) is 5.75 Å². The van der Waals surface area contributed by atoms with E-state index in [-0.39, 0.29) is 5.97 Å². The number of methoxy groups -OCH3 is 1. The molecule has 5 heteroatoms. The number of benzene rings is 1. The van der Waals surface area contributed by atoms with E-state index < -0.39 is 0 Å². The first-order valence-corrected chi connectivity index (χ1v) is 10.7. The molecule has 0 amide bonds. The van der Waals surface area contributed by atoms with Gasteiger partial charge in [-0.3, -0.25) is 0 Å². The fourth-order valence-electron chi connectivity index (χ4n) is 2.66. The first-order chi connectivity index (χ1) is 12.2. The van der Waals surface area contributed by atoms with Crippen molar-refractivity contribution in [1.82, 2.24) is 0 Å². The van der Waals surface area contributed by atoms with Crippen molar-refractivity contribution in [3.63, 3.8) is 0 Å². The van der Waals surface area contributed by atoms with Gasteiger partial charge in [0.2, 0.25) is 0 Å². The number of carbonyl (C=O) groups excluding carboxylic acids is 1. The zero-order valence-corrected chi connectivity index (χ0v) is 17.0. The van der Waals surface area contributed by atoms with Gasteiger partial charge < -0.3 is 14.8 Å². The summed E-state index contributed by atoms with van der Waals surface area (Å²) in [4.78, 5) is 12.5. The van der Waals surface area contributed by atoms with Crippen molar-refractivity contribution < 1.29 is 14.3 Å². The summed E-state index contributed by atoms with van der Waals surface area (Å²) in [5, 5.41) is 3.48. The Morgan fingerprint density at radius 2 is 1.84 bits per heavy atom. The SMILES string of the molecule is CCCCCNc1c(OC)ccc(C(=O)OCCCCC)c1CSC. The quantitative estimate of drug-likeness (QED) is 0.368. The zero-order chi connectivity index (χ0) is 18.5. The van der Waals surface area contributed by atoms with Gasteiger partial charge in [-0.2, -0.15) is 11.8 Å². The third kappa shape index (κ3) is 7.18. The first-order valence-electron chi connectivity index (χ1n) is 9.29. The Balaban J connectivity index is 2.97. The Morgan fingerprint density at radius 3 is 2.48 bits per heavy atom. The highest BCUT2D eigenvalue weighted by atomic mass is 32.2. The molecule has 0 atom stereocenters. The van der Waals surface area contributed by atoms with E-state index in [2.05, 4.69) is 19.2 Å². The predicted molar refractivity (Wildman–Crippen MR) is 108 cm³/mol. The summed E-state index contributed by atoms with van der Waals surface area (Å²) in [6.45, 7) is 5.69. The molecule has 4 nitrogen and oxygen atoms in total. The van der Waals surface area contributed by atoms with Crippen LogP contribution in [0.15, 0.2) is 12.1 Å². The highest BCUT2D eigenvalue weighted by molar-refractivity contribution is 7.97. The van der Waals surface area contributed by atoms with Crippen molar-refractivity contribution in [2.45, 2.75) is 58.1 Å². The molecule has 1 N–H and O–H groups in total. The number of esters is 1. The van der Waals surface area contributed by atoms with Crippen molar-refractivity contribution >= 4 is 23.4 Å². The number of thioether (sulfide) groups is 1. The Bertz CT molecular complexity index is 520. The van der Waals surface area contributed by atoms with Gasteiger partial charge in [-0.05, 0) is 31.2 Å². The summed E-state index contributed by atoms with van der Waals surface area (Å²) in [5.74, 6) is 1.29. The number of hydrogen-bond donors (Lipinski definition) is 1. The van der Waals surface area contributed by atoms with Gasteiger partial charge in [0.25, 0.3) is 0 Å². The number of nitrogens with one attached hydrogen (secondary N) is 1. The van der Waals surface area contributed by atoms with Crippen LogP contribution in [0, 0.1) is 0 Å². The molecule has 0 aliphatic rings. The van der Waals surface area contributed by atoms with Crippen LogP contribution in [0.2, 0.25) is 0 Å². The Hall–Kier alpha value is -1.36. The minimum atomic E-state index is -0.237. The minimum absolute atomic E-state index is 0.237. The maximum absolute atomic E-state index is 12.5. The molecule has 1 aromatic rings. The molecule has 1 rings (SSSR count). The summed E-state index contributed by atoms with van der Waals surface area (Å²) in [7, 11) is 1.66. The highest BCUT2D eigenvalue weighted by Gasteiger charge is 2.19. The number of anilines is 1. The van der Waals surface area contributed by atoms with Gasteiger partial charge in [0, 0.05) is 17.9 Å². The van der Waals surface area contributed by atoms with Crippen molar-refractivity contribution in [1.29, 1.82) is 0 Å². The van der Waals surface area contributed by atoms with Crippen LogP contribution in [0.1, 0.15) is 68.3 Å². The third-order valence-electron chi connectivity index (χ3n) is 4.07. The molecule has 0 unspecified atom stereocenters. The average molecular weight is 368 g/mol. The molecule has 0 spiro atoms. The molecule has 1 aromatic carbocycles. The normalized spacial score (nSPS) is 10.6. The summed E-state index contributed by atoms with van der Waals surface area (Å²) in [6.07, 6.45) is 8.62. The number of unbranched alkanes of at least 4 members (excludes halogenated alkanes) is 4. The van der Waals surface area contributed by atoms with E-state index in [4.69, 9.17) is 9.47 Å². The Morgan fingerprint density at radius 1 is 1.12 bits per heavy atom. The molecule has 0 radical (unpaired) electrons. The maximum Gasteiger partial charge on any atom is 0.338 e. The number of carbonyl (C=O) groups is 1. The van der Waals surface area contributed by atoms with Crippen LogP contribution in [0.5, 0.6) is 5.75 Å². The number of hydrogen-bond acceptors (Lipinski definition) is 5. The molecule has 0 aliphatic carbocycles. The van der Waals surface area contributed by atoms with E-state index in [1.54, 1.807) is 18.9 Å². The molecular formula is C20H33NO3S. The van der Waals surface area contributed by atoms with Crippen LogP contribution in [0.3, 0.4) is 0 Å². The van der Waals surface area contributed by atoms with Crippen molar-refractivity contribution in [2.75, 3.05) is 31.8 Å². The summed E-state index contributed by atoms with van der Waals surface area (Å²) in [6, 6.07) is 3.68. The topological polar surface area (TPSA) is 47.6 Å². The fourth-order valence-corrected chi connectivity index (χ4v) is 3.25. The lowest BCUT2D eigenvalue weighted by Gasteiger charge is -2.18. The first kappa shape index (κ1) is 21.7. The molecule has 0 aliphatic heterocycles. The lowest BCUT2D eigenvalue weighted by Crippen LogP contribution is -2.13. The summed E-state index contributed by atoms with van der Waals surface area (Å²) >= 11 is 1.69. The van der Waals surface area contributed by atoms with Crippen LogP contribution in [0.4, 0.5) is 5.69 Å². The Labute approximate surface area is 157 Å². The highest BCUT2D eigenvalue weighted by Crippen LogP contribution is 2.34.